The van der Waals surface area contributed by atoms with Gasteiger partial charge in [0.15, 0.2) is 0 Å². The standard InChI is InChI=1S/C15H21NO5/c1-7-20-14(17)15(5,6)21-13-11(4)9(2)8-10(3)12(13)16(18)19/h8H,7H2,1-6H3. The molecule has 6 nitrogen and oxygen atoms in total. The first-order valence-corrected chi connectivity index (χ1v) is 6.73. The topological polar surface area (TPSA) is 78.7 Å². The Labute approximate surface area is 124 Å². The summed E-state index contributed by atoms with van der Waals surface area (Å²) in [5.74, 6) is -0.437. The van der Waals surface area contributed by atoms with Crippen molar-refractivity contribution in [3.05, 3.63) is 32.9 Å². The largest absolute Gasteiger partial charge is 0.469 e. The summed E-state index contributed by atoms with van der Waals surface area (Å²) in [5, 5.41) is 11.3. The lowest BCUT2D eigenvalue weighted by molar-refractivity contribution is -0.386. The van der Waals surface area contributed by atoms with E-state index >= 15 is 0 Å². The van der Waals surface area contributed by atoms with Crippen molar-refractivity contribution in [3.63, 3.8) is 0 Å². The third-order valence-corrected chi connectivity index (χ3v) is 3.26. The molecule has 0 aliphatic carbocycles. The zero-order valence-electron chi connectivity index (χ0n) is 13.3. The lowest BCUT2D eigenvalue weighted by Gasteiger charge is -2.25. The fourth-order valence-electron chi connectivity index (χ4n) is 1.99. The maximum atomic E-state index is 11.9. The summed E-state index contributed by atoms with van der Waals surface area (Å²) >= 11 is 0. The molecule has 1 aromatic rings. The molecule has 1 rings (SSSR count). The van der Waals surface area contributed by atoms with Crippen molar-refractivity contribution in [1.82, 2.24) is 0 Å². The molecule has 0 spiro atoms. The molecule has 1 aromatic carbocycles. The Bertz CT molecular complexity index is 578. The van der Waals surface area contributed by atoms with Gasteiger partial charge in [-0.25, -0.2) is 4.79 Å². The first-order chi connectivity index (χ1) is 9.61. The normalized spacial score (nSPS) is 11.1. The highest BCUT2D eigenvalue weighted by Gasteiger charge is 2.35. The number of esters is 1. The molecule has 0 bridgehead atoms. The molecule has 21 heavy (non-hydrogen) atoms. The Morgan fingerprint density at radius 3 is 2.33 bits per heavy atom. The molecular weight excluding hydrogens is 274 g/mol. The summed E-state index contributed by atoms with van der Waals surface area (Å²) in [6.07, 6.45) is 0. The molecule has 0 heterocycles. The second-order valence-corrected chi connectivity index (χ2v) is 5.40. The van der Waals surface area contributed by atoms with Crippen LogP contribution in [0.5, 0.6) is 5.75 Å². The van der Waals surface area contributed by atoms with E-state index < -0.39 is 16.5 Å². The van der Waals surface area contributed by atoms with E-state index in [9.17, 15) is 14.9 Å². The monoisotopic (exact) mass is 295 g/mol. The molecule has 0 amide bonds. The molecule has 6 heteroatoms. The number of ether oxygens (including phenoxy) is 2. The fourth-order valence-corrected chi connectivity index (χ4v) is 1.99. The summed E-state index contributed by atoms with van der Waals surface area (Å²) in [4.78, 5) is 22.7. The predicted octanol–water partition coefficient (Wildman–Crippen LogP) is 3.24. The minimum atomic E-state index is -1.30. The van der Waals surface area contributed by atoms with Gasteiger partial charge in [-0.1, -0.05) is 0 Å². The van der Waals surface area contributed by atoms with Crippen LogP contribution in [0.4, 0.5) is 5.69 Å². The van der Waals surface area contributed by atoms with Crippen molar-refractivity contribution < 1.29 is 19.2 Å². The van der Waals surface area contributed by atoms with Gasteiger partial charge in [0, 0.05) is 11.1 Å². The van der Waals surface area contributed by atoms with Crippen molar-refractivity contribution in [2.75, 3.05) is 6.61 Å². The third-order valence-electron chi connectivity index (χ3n) is 3.26. The Morgan fingerprint density at radius 1 is 1.29 bits per heavy atom. The molecule has 0 aromatic heterocycles. The van der Waals surface area contributed by atoms with E-state index in [0.717, 1.165) is 5.56 Å². The lowest BCUT2D eigenvalue weighted by Crippen LogP contribution is -2.40. The second kappa shape index (κ2) is 6.11. The molecule has 0 aliphatic rings. The first kappa shape index (κ1) is 16.9. The molecule has 0 saturated carbocycles. The van der Waals surface area contributed by atoms with Crippen LogP contribution >= 0.6 is 0 Å². The van der Waals surface area contributed by atoms with Gasteiger partial charge < -0.3 is 9.47 Å². The molecule has 0 radical (unpaired) electrons. The van der Waals surface area contributed by atoms with Gasteiger partial charge in [-0.3, -0.25) is 10.1 Å². The average molecular weight is 295 g/mol. The van der Waals surface area contributed by atoms with Crippen LogP contribution in [0.3, 0.4) is 0 Å². The van der Waals surface area contributed by atoms with Gasteiger partial charge in [0.1, 0.15) is 0 Å². The van der Waals surface area contributed by atoms with Gasteiger partial charge >= 0.3 is 11.7 Å². The third kappa shape index (κ3) is 3.51. The first-order valence-electron chi connectivity index (χ1n) is 6.73. The van der Waals surface area contributed by atoms with Crippen molar-refractivity contribution in [3.8, 4) is 5.75 Å². The summed E-state index contributed by atoms with van der Waals surface area (Å²) in [5.41, 5.74) is 0.594. The van der Waals surface area contributed by atoms with Crippen LogP contribution in [0.25, 0.3) is 0 Å². The van der Waals surface area contributed by atoms with Crippen molar-refractivity contribution in [2.45, 2.75) is 47.1 Å². The van der Waals surface area contributed by atoms with Crippen molar-refractivity contribution in [1.29, 1.82) is 0 Å². The van der Waals surface area contributed by atoms with E-state index in [1.807, 2.05) is 6.92 Å². The molecule has 116 valence electrons. The number of benzene rings is 1. The summed E-state index contributed by atoms with van der Waals surface area (Å²) in [6, 6.07) is 1.73. The molecule has 0 N–H and O–H groups in total. The highest BCUT2D eigenvalue weighted by atomic mass is 16.6. The SMILES string of the molecule is CCOC(=O)C(C)(C)Oc1c(C)c(C)cc(C)c1[N+](=O)[O-]. The lowest BCUT2D eigenvalue weighted by atomic mass is 10.0. The quantitative estimate of drug-likeness (QED) is 0.473. The van der Waals surface area contributed by atoms with Gasteiger partial charge in [0.25, 0.3) is 0 Å². The summed E-state index contributed by atoms with van der Waals surface area (Å²) < 4.78 is 10.6. The molecule has 0 saturated heterocycles. The number of hydrogen-bond acceptors (Lipinski definition) is 5. The van der Waals surface area contributed by atoms with Crippen LogP contribution in [0.1, 0.15) is 37.5 Å². The number of rotatable bonds is 5. The second-order valence-electron chi connectivity index (χ2n) is 5.40. The van der Waals surface area contributed by atoms with Crippen molar-refractivity contribution in [2.24, 2.45) is 0 Å². The van der Waals surface area contributed by atoms with Gasteiger partial charge in [-0.2, -0.15) is 0 Å². The van der Waals surface area contributed by atoms with E-state index in [1.54, 1.807) is 26.8 Å². The number of nitro benzene ring substituents is 1. The number of nitrogens with zero attached hydrogens (tertiary/aromatic N) is 1. The maximum absolute atomic E-state index is 11.9. The minimum absolute atomic E-state index is 0.115. The Kier molecular flexibility index (Phi) is 4.93. The average Bonchev–Trinajstić information content (AvgIpc) is 2.35. The van der Waals surface area contributed by atoms with Crippen LogP contribution in [-0.2, 0) is 9.53 Å². The number of nitro groups is 1. The number of aryl methyl sites for hydroxylation is 2. The number of hydrogen-bond donors (Lipinski definition) is 0. The van der Waals surface area contributed by atoms with E-state index in [1.165, 1.54) is 13.8 Å². The van der Waals surface area contributed by atoms with E-state index in [-0.39, 0.29) is 18.0 Å². The number of carbonyl (C=O) groups excluding carboxylic acids is 1. The van der Waals surface area contributed by atoms with Gasteiger partial charge in [0.2, 0.25) is 11.4 Å². The van der Waals surface area contributed by atoms with E-state index in [0.29, 0.717) is 11.1 Å². The highest BCUT2D eigenvalue weighted by molar-refractivity contribution is 5.79. The van der Waals surface area contributed by atoms with Crippen LogP contribution in [0.2, 0.25) is 0 Å². The number of carbonyl (C=O) groups is 1. The fraction of sp³-hybridized carbons (Fsp3) is 0.533. The molecular formula is C15H21NO5. The van der Waals surface area contributed by atoms with Crippen LogP contribution < -0.4 is 4.74 Å². The Morgan fingerprint density at radius 2 is 1.86 bits per heavy atom. The highest BCUT2D eigenvalue weighted by Crippen LogP contribution is 2.38. The van der Waals surface area contributed by atoms with Crippen LogP contribution in [0.15, 0.2) is 6.07 Å². The van der Waals surface area contributed by atoms with Gasteiger partial charge in [-0.05, 0) is 53.2 Å². The smallest absolute Gasteiger partial charge is 0.349 e. The van der Waals surface area contributed by atoms with Gasteiger partial charge in [0.05, 0.1) is 11.5 Å². The minimum Gasteiger partial charge on any atom is -0.469 e. The van der Waals surface area contributed by atoms with Crippen LogP contribution in [-0.4, -0.2) is 23.1 Å². The van der Waals surface area contributed by atoms with E-state index in [4.69, 9.17) is 9.47 Å². The van der Waals surface area contributed by atoms with E-state index in [2.05, 4.69) is 0 Å². The molecule has 0 atom stereocenters. The maximum Gasteiger partial charge on any atom is 0.349 e. The summed E-state index contributed by atoms with van der Waals surface area (Å²) in [6.45, 7) is 10.2. The Hall–Kier alpha value is -2.11. The Balaban J connectivity index is 3.36. The molecule has 0 aliphatic heterocycles. The molecule has 0 unspecified atom stereocenters. The zero-order chi connectivity index (χ0) is 16.4. The molecule has 0 fully saturated rings. The van der Waals surface area contributed by atoms with Gasteiger partial charge in [-0.15, -0.1) is 0 Å². The summed E-state index contributed by atoms with van der Waals surface area (Å²) in [7, 11) is 0. The zero-order valence-corrected chi connectivity index (χ0v) is 13.3. The van der Waals surface area contributed by atoms with Crippen molar-refractivity contribution >= 4 is 11.7 Å². The van der Waals surface area contributed by atoms with Crippen LogP contribution in [0, 0.1) is 30.9 Å². The predicted molar refractivity (Wildman–Crippen MR) is 78.6 cm³/mol.